The average molecular weight is 460 g/mol. The lowest BCUT2D eigenvalue weighted by Crippen LogP contribution is -2.57. The van der Waals surface area contributed by atoms with Crippen molar-refractivity contribution in [2.75, 3.05) is 6.61 Å². The van der Waals surface area contributed by atoms with E-state index in [9.17, 15) is 29.1 Å². The fourth-order valence-electron chi connectivity index (χ4n) is 2.86. The quantitative estimate of drug-likeness (QED) is 0.148. The molecular formula is C20H37N5O7. The topological polar surface area (TPSA) is 214 Å². The molecule has 0 aromatic heterocycles. The minimum atomic E-state index is -1.35. The maximum atomic E-state index is 12.9. The van der Waals surface area contributed by atoms with Crippen molar-refractivity contribution in [1.82, 2.24) is 16.0 Å². The van der Waals surface area contributed by atoms with Crippen LogP contribution in [0.5, 0.6) is 0 Å². The summed E-state index contributed by atoms with van der Waals surface area (Å²) in [6.07, 6.45) is 0.0379. The number of carboxylic acid groups (broad SMARTS) is 1. The predicted molar refractivity (Wildman–Crippen MR) is 116 cm³/mol. The summed E-state index contributed by atoms with van der Waals surface area (Å²) in [4.78, 5) is 60.1. The molecule has 184 valence electrons. The van der Waals surface area contributed by atoms with E-state index in [1.165, 1.54) is 0 Å². The average Bonchev–Trinajstić information content (AvgIpc) is 2.67. The molecule has 4 amide bonds. The zero-order valence-corrected chi connectivity index (χ0v) is 19.1. The highest BCUT2D eigenvalue weighted by molar-refractivity contribution is 5.94. The highest BCUT2D eigenvalue weighted by Gasteiger charge is 2.31. The second-order valence-electron chi connectivity index (χ2n) is 8.57. The number of nitrogens with two attached hydrogens (primary N) is 2. The summed E-state index contributed by atoms with van der Waals surface area (Å²) in [5.41, 5.74) is 10.5. The van der Waals surface area contributed by atoms with E-state index >= 15 is 0 Å². The SMILES string of the molecule is CC(C)CC(NC(=O)C(N)CO)C(=O)NC(CC(C)C)C(=O)NC(CCC(N)=O)C(=O)O. The Bertz CT molecular complexity index is 669. The molecule has 0 aromatic rings. The number of primary amides is 1. The fourth-order valence-corrected chi connectivity index (χ4v) is 2.86. The number of aliphatic hydroxyl groups excluding tert-OH is 1. The van der Waals surface area contributed by atoms with Gasteiger partial charge in [-0.25, -0.2) is 4.79 Å². The zero-order chi connectivity index (χ0) is 25.0. The first-order chi connectivity index (χ1) is 14.8. The summed E-state index contributed by atoms with van der Waals surface area (Å²) >= 11 is 0. The van der Waals surface area contributed by atoms with Gasteiger partial charge in [0.2, 0.25) is 23.6 Å². The number of carbonyl (C=O) groups is 5. The number of rotatable bonds is 15. The minimum absolute atomic E-state index is 0.0129. The van der Waals surface area contributed by atoms with Crippen molar-refractivity contribution in [2.24, 2.45) is 23.3 Å². The monoisotopic (exact) mass is 459 g/mol. The Morgan fingerprint density at radius 2 is 1.19 bits per heavy atom. The van der Waals surface area contributed by atoms with E-state index < -0.39 is 60.4 Å². The summed E-state index contributed by atoms with van der Waals surface area (Å²) in [5.74, 6) is -4.13. The lowest BCUT2D eigenvalue weighted by atomic mass is 9.99. The second-order valence-corrected chi connectivity index (χ2v) is 8.57. The van der Waals surface area contributed by atoms with Crippen LogP contribution >= 0.6 is 0 Å². The van der Waals surface area contributed by atoms with E-state index in [0.29, 0.717) is 0 Å². The third-order valence-corrected chi connectivity index (χ3v) is 4.51. The summed E-state index contributed by atoms with van der Waals surface area (Å²) in [5, 5.41) is 25.7. The molecule has 32 heavy (non-hydrogen) atoms. The molecule has 0 spiro atoms. The van der Waals surface area contributed by atoms with Gasteiger partial charge in [-0.05, 0) is 31.1 Å². The van der Waals surface area contributed by atoms with Crippen molar-refractivity contribution in [1.29, 1.82) is 0 Å². The van der Waals surface area contributed by atoms with Crippen molar-refractivity contribution < 1.29 is 34.2 Å². The summed E-state index contributed by atoms with van der Waals surface area (Å²) in [7, 11) is 0. The molecule has 0 radical (unpaired) electrons. The maximum Gasteiger partial charge on any atom is 0.326 e. The fraction of sp³-hybridized carbons (Fsp3) is 0.750. The van der Waals surface area contributed by atoms with Crippen LogP contribution in [0.1, 0.15) is 53.4 Å². The van der Waals surface area contributed by atoms with Crippen molar-refractivity contribution in [3.05, 3.63) is 0 Å². The van der Waals surface area contributed by atoms with Gasteiger partial charge in [0.25, 0.3) is 0 Å². The van der Waals surface area contributed by atoms with E-state index in [-0.39, 0.29) is 37.5 Å². The smallest absolute Gasteiger partial charge is 0.326 e. The Balaban J connectivity index is 5.46. The normalized spacial score (nSPS) is 14.9. The number of carboxylic acids is 1. The van der Waals surface area contributed by atoms with Crippen LogP contribution in [0.3, 0.4) is 0 Å². The van der Waals surface area contributed by atoms with Gasteiger partial charge in [0, 0.05) is 6.42 Å². The maximum absolute atomic E-state index is 12.9. The first-order valence-electron chi connectivity index (χ1n) is 10.6. The molecule has 0 saturated heterocycles. The Morgan fingerprint density at radius 1 is 0.781 bits per heavy atom. The first-order valence-corrected chi connectivity index (χ1v) is 10.6. The minimum Gasteiger partial charge on any atom is -0.480 e. The van der Waals surface area contributed by atoms with Gasteiger partial charge in [-0.1, -0.05) is 27.7 Å². The molecule has 0 rings (SSSR count). The van der Waals surface area contributed by atoms with Crippen LogP contribution < -0.4 is 27.4 Å². The molecule has 9 N–H and O–H groups in total. The first kappa shape index (κ1) is 29.3. The van der Waals surface area contributed by atoms with Crippen LogP contribution in [0.2, 0.25) is 0 Å². The summed E-state index contributed by atoms with van der Waals surface area (Å²) in [6, 6.07) is -4.63. The zero-order valence-electron chi connectivity index (χ0n) is 19.1. The molecule has 4 atom stereocenters. The number of amides is 4. The highest BCUT2D eigenvalue weighted by Crippen LogP contribution is 2.10. The van der Waals surface area contributed by atoms with Crippen molar-refractivity contribution in [3.8, 4) is 0 Å². The third kappa shape index (κ3) is 11.6. The largest absolute Gasteiger partial charge is 0.480 e. The molecule has 0 heterocycles. The van der Waals surface area contributed by atoms with Crippen molar-refractivity contribution in [2.45, 2.75) is 77.5 Å². The second kappa shape index (κ2) is 14.4. The lowest BCUT2D eigenvalue weighted by Gasteiger charge is -2.26. The van der Waals surface area contributed by atoms with Gasteiger partial charge >= 0.3 is 5.97 Å². The van der Waals surface area contributed by atoms with Crippen LogP contribution in [0.4, 0.5) is 0 Å². The van der Waals surface area contributed by atoms with Crippen LogP contribution in [-0.4, -0.2) is 70.6 Å². The van der Waals surface area contributed by atoms with E-state index in [1.807, 2.05) is 27.7 Å². The molecule has 0 aliphatic carbocycles. The van der Waals surface area contributed by atoms with Crippen LogP contribution in [-0.2, 0) is 24.0 Å². The summed E-state index contributed by atoms with van der Waals surface area (Å²) in [6.45, 7) is 6.73. The van der Waals surface area contributed by atoms with Gasteiger partial charge < -0.3 is 37.6 Å². The van der Waals surface area contributed by atoms with Gasteiger partial charge in [0.15, 0.2) is 0 Å². The van der Waals surface area contributed by atoms with Gasteiger partial charge in [-0.2, -0.15) is 0 Å². The Morgan fingerprint density at radius 3 is 1.53 bits per heavy atom. The third-order valence-electron chi connectivity index (χ3n) is 4.51. The van der Waals surface area contributed by atoms with Gasteiger partial charge in [-0.3, -0.25) is 19.2 Å². The van der Waals surface area contributed by atoms with E-state index in [4.69, 9.17) is 16.6 Å². The molecule has 0 aliphatic heterocycles. The Labute approximate surface area is 187 Å². The Hall–Kier alpha value is -2.73. The van der Waals surface area contributed by atoms with E-state index in [0.717, 1.165) is 0 Å². The van der Waals surface area contributed by atoms with Crippen molar-refractivity contribution >= 4 is 29.6 Å². The predicted octanol–water partition coefficient (Wildman–Crippen LogP) is -1.80. The molecule has 0 aliphatic rings. The molecule has 0 fully saturated rings. The highest BCUT2D eigenvalue weighted by atomic mass is 16.4. The molecule has 0 saturated carbocycles. The molecule has 12 heteroatoms. The number of aliphatic hydroxyl groups is 1. The molecule has 4 unspecified atom stereocenters. The lowest BCUT2D eigenvalue weighted by molar-refractivity contribution is -0.142. The van der Waals surface area contributed by atoms with Gasteiger partial charge in [0.05, 0.1) is 6.61 Å². The molecule has 12 nitrogen and oxygen atoms in total. The van der Waals surface area contributed by atoms with E-state index in [2.05, 4.69) is 16.0 Å². The van der Waals surface area contributed by atoms with Crippen LogP contribution in [0.15, 0.2) is 0 Å². The molecule has 0 aromatic carbocycles. The van der Waals surface area contributed by atoms with Gasteiger partial charge in [0.1, 0.15) is 24.2 Å². The van der Waals surface area contributed by atoms with Crippen LogP contribution in [0.25, 0.3) is 0 Å². The van der Waals surface area contributed by atoms with Crippen molar-refractivity contribution in [3.63, 3.8) is 0 Å². The van der Waals surface area contributed by atoms with Gasteiger partial charge in [-0.15, -0.1) is 0 Å². The van der Waals surface area contributed by atoms with E-state index in [1.54, 1.807) is 0 Å². The number of hydrogen-bond acceptors (Lipinski definition) is 7. The number of aliphatic carboxylic acids is 1. The van der Waals surface area contributed by atoms with Crippen LogP contribution in [0, 0.1) is 11.8 Å². The Kier molecular flexibility index (Phi) is 13.1. The summed E-state index contributed by atoms with van der Waals surface area (Å²) < 4.78 is 0. The number of nitrogens with one attached hydrogen (secondary N) is 3. The number of carbonyl (C=O) groups excluding carboxylic acids is 4. The molecular weight excluding hydrogens is 422 g/mol. The standard InChI is InChI=1S/C20H37N5O7/c1-10(2)7-14(24-17(28)12(21)9-26)19(30)25-15(8-11(3)4)18(29)23-13(20(31)32)5-6-16(22)27/h10-15,26H,5-9,21H2,1-4H3,(H2,22,27)(H,23,29)(H,24,28)(H,25,30)(H,31,32). The number of hydrogen-bond donors (Lipinski definition) is 7. The molecule has 0 bridgehead atoms.